The van der Waals surface area contributed by atoms with Crippen molar-refractivity contribution < 1.29 is 14.5 Å². The number of carbonyl (C=O) groups is 1. The minimum Gasteiger partial charge on any atom is -0.430 e. The fourth-order valence-corrected chi connectivity index (χ4v) is 4.93. The van der Waals surface area contributed by atoms with E-state index in [1.807, 2.05) is 12.1 Å². The molecule has 1 aromatic rings. The van der Waals surface area contributed by atoms with Crippen molar-refractivity contribution in [3.8, 4) is 0 Å². The van der Waals surface area contributed by atoms with E-state index < -0.39 is 13.9 Å². The van der Waals surface area contributed by atoms with Crippen molar-refractivity contribution in [3.05, 3.63) is 35.4 Å². The summed E-state index contributed by atoms with van der Waals surface area (Å²) in [5.74, 6) is -0.172. The fourth-order valence-electron chi connectivity index (χ4n) is 4.33. The van der Waals surface area contributed by atoms with Gasteiger partial charge in [-0.05, 0) is 74.5 Å². The molecule has 0 aromatic heterocycles. The molecule has 0 saturated heterocycles. The number of fused-ring (bicyclic) bond motifs is 3. The molecule has 3 fully saturated rings. The second-order valence-corrected chi connectivity index (χ2v) is 9.19. The van der Waals surface area contributed by atoms with Crippen molar-refractivity contribution in [1.82, 2.24) is 5.32 Å². The van der Waals surface area contributed by atoms with Gasteiger partial charge in [-0.15, -0.1) is 11.6 Å². The van der Waals surface area contributed by atoms with Crippen LogP contribution in [0.2, 0.25) is 0 Å². The summed E-state index contributed by atoms with van der Waals surface area (Å²) in [7, 11) is -0.406. The van der Waals surface area contributed by atoms with Crippen LogP contribution in [0.3, 0.4) is 0 Å². The van der Waals surface area contributed by atoms with E-state index in [1.54, 1.807) is 0 Å². The van der Waals surface area contributed by atoms with E-state index in [9.17, 15) is 4.79 Å². The molecule has 1 atom stereocenters. The molecule has 7 heteroatoms. The Kier molecular flexibility index (Phi) is 6.70. The van der Waals surface area contributed by atoms with E-state index >= 15 is 0 Å². The molecule has 26 heavy (non-hydrogen) atoms. The SMILES string of the molecule is O=C(N[C@@H](CCCBr)OBO)c1ccc(C23CCC(Cl)(CC2)CC3)cc1. The molecule has 3 saturated carbocycles. The normalized spacial score (nSPS) is 28.6. The first kappa shape index (κ1) is 20.2. The van der Waals surface area contributed by atoms with E-state index in [2.05, 4.69) is 33.4 Å². The van der Waals surface area contributed by atoms with Gasteiger partial charge >= 0.3 is 7.69 Å². The predicted octanol–water partition coefficient (Wildman–Crippen LogP) is 3.78. The molecule has 0 spiro atoms. The molecule has 2 N–H and O–H groups in total. The Morgan fingerprint density at radius 2 is 1.85 bits per heavy atom. The summed E-state index contributed by atoms with van der Waals surface area (Å²) in [4.78, 5) is 12.5. The third-order valence-corrected chi connectivity index (χ3v) is 7.21. The smallest absolute Gasteiger partial charge is 0.430 e. The minimum absolute atomic E-state index is 0.0401. The van der Waals surface area contributed by atoms with Crippen molar-refractivity contribution in [2.24, 2.45) is 0 Å². The van der Waals surface area contributed by atoms with Crippen LogP contribution in [-0.4, -0.2) is 35.0 Å². The highest BCUT2D eigenvalue weighted by Crippen LogP contribution is 2.56. The summed E-state index contributed by atoms with van der Waals surface area (Å²) in [5, 5.41) is 12.7. The molecule has 3 aliphatic rings. The Morgan fingerprint density at radius 3 is 2.38 bits per heavy atom. The van der Waals surface area contributed by atoms with Crippen molar-refractivity contribution >= 4 is 41.1 Å². The van der Waals surface area contributed by atoms with Crippen LogP contribution in [0.1, 0.15) is 67.3 Å². The molecule has 4 rings (SSSR count). The van der Waals surface area contributed by atoms with E-state index in [1.165, 1.54) is 5.56 Å². The highest BCUT2D eigenvalue weighted by molar-refractivity contribution is 9.09. The molecule has 142 valence electrons. The van der Waals surface area contributed by atoms with Crippen LogP contribution in [0.5, 0.6) is 0 Å². The molecule has 4 nitrogen and oxygen atoms in total. The second kappa shape index (κ2) is 8.64. The number of halogens is 2. The number of alkyl halides is 2. The summed E-state index contributed by atoms with van der Waals surface area (Å²) in [6.07, 6.45) is 7.72. The first-order chi connectivity index (χ1) is 12.5. The first-order valence-electron chi connectivity index (χ1n) is 9.39. The lowest BCUT2D eigenvalue weighted by Gasteiger charge is -2.51. The lowest BCUT2D eigenvalue weighted by Crippen LogP contribution is -2.45. The van der Waals surface area contributed by atoms with Crippen molar-refractivity contribution in [2.45, 2.75) is 67.9 Å². The highest BCUT2D eigenvalue weighted by atomic mass is 79.9. The summed E-state index contributed by atoms with van der Waals surface area (Å²) in [6.45, 7) is 0. The highest BCUT2D eigenvalue weighted by Gasteiger charge is 2.48. The van der Waals surface area contributed by atoms with Crippen LogP contribution in [0.15, 0.2) is 24.3 Å². The quantitative estimate of drug-likeness (QED) is 0.366. The Balaban J connectivity index is 1.64. The molecule has 1 aromatic carbocycles. The zero-order valence-electron chi connectivity index (χ0n) is 15.0. The Bertz CT molecular complexity index is 603. The molecule has 0 heterocycles. The molecular formula is C19H26BBrClNO3. The predicted molar refractivity (Wildman–Crippen MR) is 109 cm³/mol. The van der Waals surface area contributed by atoms with Crippen molar-refractivity contribution in [3.63, 3.8) is 0 Å². The van der Waals surface area contributed by atoms with Gasteiger partial charge < -0.3 is 15.0 Å². The number of amides is 1. The maximum Gasteiger partial charge on any atom is 0.436 e. The van der Waals surface area contributed by atoms with Gasteiger partial charge in [-0.3, -0.25) is 4.79 Å². The lowest BCUT2D eigenvalue weighted by molar-refractivity contribution is 0.0795. The number of carbonyl (C=O) groups excluding carboxylic acids is 1. The van der Waals surface area contributed by atoms with Gasteiger partial charge in [-0.2, -0.15) is 0 Å². The summed E-state index contributed by atoms with van der Waals surface area (Å²) in [5.41, 5.74) is 2.19. The Morgan fingerprint density at radius 1 is 1.23 bits per heavy atom. The largest absolute Gasteiger partial charge is 0.436 e. The lowest BCUT2D eigenvalue weighted by atomic mass is 9.57. The maximum absolute atomic E-state index is 12.5. The second-order valence-electron chi connectivity index (χ2n) is 7.60. The molecular weight excluding hydrogens is 416 g/mol. The molecule has 3 aliphatic carbocycles. The van der Waals surface area contributed by atoms with E-state index in [0.29, 0.717) is 12.0 Å². The van der Waals surface area contributed by atoms with Crippen LogP contribution in [0.25, 0.3) is 0 Å². The number of benzene rings is 1. The maximum atomic E-state index is 12.5. The Hall–Kier alpha value is -0.555. The van der Waals surface area contributed by atoms with E-state index in [-0.39, 0.29) is 16.2 Å². The van der Waals surface area contributed by atoms with Crippen molar-refractivity contribution in [1.29, 1.82) is 0 Å². The van der Waals surface area contributed by atoms with Gasteiger partial charge in [-0.1, -0.05) is 28.1 Å². The van der Waals surface area contributed by atoms with Gasteiger partial charge in [-0.25, -0.2) is 0 Å². The zero-order valence-corrected chi connectivity index (χ0v) is 17.3. The topological polar surface area (TPSA) is 58.6 Å². The van der Waals surface area contributed by atoms with Crippen LogP contribution in [0.4, 0.5) is 0 Å². The standard InChI is InChI=1S/C19H26BBrClNO3/c21-13-1-2-16(26-20-25)23-17(24)14-3-5-15(6-4-14)18-7-10-19(22,11-8-18)12-9-18/h3-6,16,20,25H,1-2,7-13H2,(H,23,24)/t16-,18?,19?/m1/s1. The van der Waals surface area contributed by atoms with E-state index in [4.69, 9.17) is 21.3 Å². The van der Waals surface area contributed by atoms with Gasteiger partial charge in [0.1, 0.15) is 6.23 Å². The number of hydrogen-bond acceptors (Lipinski definition) is 3. The van der Waals surface area contributed by atoms with Crippen LogP contribution < -0.4 is 5.32 Å². The molecule has 0 radical (unpaired) electrons. The fraction of sp³-hybridized carbons (Fsp3) is 0.632. The third-order valence-electron chi connectivity index (χ3n) is 6.08. The molecule has 1 amide bonds. The molecule has 2 bridgehead atoms. The average Bonchev–Trinajstić information content (AvgIpc) is 2.67. The summed E-state index contributed by atoms with van der Waals surface area (Å²) in [6, 6.07) is 8.00. The first-order valence-corrected chi connectivity index (χ1v) is 10.9. The number of nitrogens with one attached hydrogen (secondary N) is 1. The van der Waals surface area contributed by atoms with Crippen molar-refractivity contribution in [2.75, 3.05) is 5.33 Å². The summed E-state index contributed by atoms with van der Waals surface area (Å²) < 4.78 is 5.19. The van der Waals surface area contributed by atoms with Gasteiger partial charge in [0, 0.05) is 15.8 Å². The van der Waals surface area contributed by atoms with Gasteiger partial charge in [0.25, 0.3) is 5.91 Å². The van der Waals surface area contributed by atoms with Crippen LogP contribution in [-0.2, 0) is 10.1 Å². The monoisotopic (exact) mass is 441 g/mol. The minimum atomic E-state index is -0.475. The van der Waals surface area contributed by atoms with Gasteiger partial charge in [0.15, 0.2) is 0 Å². The zero-order chi connectivity index (χ0) is 18.6. The van der Waals surface area contributed by atoms with Gasteiger partial charge in [0.2, 0.25) is 0 Å². The van der Waals surface area contributed by atoms with Crippen LogP contribution in [0, 0.1) is 0 Å². The number of rotatable bonds is 8. The number of hydrogen-bond donors (Lipinski definition) is 2. The third kappa shape index (κ3) is 4.46. The summed E-state index contributed by atoms with van der Waals surface area (Å²) >= 11 is 10.0. The van der Waals surface area contributed by atoms with E-state index in [0.717, 1.165) is 50.3 Å². The van der Waals surface area contributed by atoms with Gasteiger partial charge in [0.05, 0.1) is 0 Å². The van der Waals surface area contributed by atoms with Crippen LogP contribution >= 0.6 is 27.5 Å². The average molecular weight is 443 g/mol. The molecule has 0 aliphatic heterocycles. The Labute approximate surface area is 169 Å². The molecule has 0 unspecified atom stereocenters.